The summed E-state index contributed by atoms with van der Waals surface area (Å²) < 4.78 is 5.02. The van der Waals surface area contributed by atoms with Gasteiger partial charge in [-0.05, 0) is 48.5 Å². The van der Waals surface area contributed by atoms with Gasteiger partial charge in [-0.25, -0.2) is 0 Å². The molecule has 0 saturated heterocycles. The van der Waals surface area contributed by atoms with E-state index in [9.17, 15) is 9.59 Å². The van der Waals surface area contributed by atoms with Gasteiger partial charge in [0.25, 0.3) is 11.8 Å². The van der Waals surface area contributed by atoms with Crippen molar-refractivity contribution >= 4 is 34.8 Å². The zero-order valence-corrected chi connectivity index (χ0v) is 13.2. The first-order valence-corrected chi connectivity index (χ1v) is 7.52. The van der Waals surface area contributed by atoms with Gasteiger partial charge in [0.15, 0.2) is 5.76 Å². The topological polar surface area (TPSA) is 71.3 Å². The molecule has 2 N–H and O–H groups in total. The maximum Gasteiger partial charge on any atom is 0.291 e. The van der Waals surface area contributed by atoms with E-state index in [0.29, 0.717) is 22.0 Å². The molecule has 0 unspecified atom stereocenters. The normalized spacial score (nSPS) is 10.2. The third-order valence-electron chi connectivity index (χ3n) is 3.27. The van der Waals surface area contributed by atoms with Crippen LogP contribution < -0.4 is 10.6 Å². The molecule has 0 aliphatic rings. The van der Waals surface area contributed by atoms with Crippen molar-refractivity contribution < 1.29 is 14.0 Å². The van der Waals surface area contributed by atoms with Crippen LogP contribution in [0.5, 0.6) is 0 Å². The first-order chi connectivity index (χ1) is 11.6. The summed E-state index contributed by atoms with van der Waals surface area (Å²) in [7, 11) is 0. The van der Waals surface area contributed by atoms with Gasteiger partial charge in [-0.15, -0.1) is 0 Å². The number of benzene rings is 2. The van der Waals surface area contributed by atoms with Crippen LogP contribution in [0.25, 0.3) is 0 Å². The predicted octanol–water partition coefficient (Wildman–Crippen LogP) is 4.44. The van der Waals surface area contributed by atoms with Gasteiger partial charge < -0.3 is 15.1 Å². The maximum atomic E-state index is 12.2. The van der Waals surface area contributed by atoms with Gasteiger partial charge in [0.05, 0.1) is 17.0 Å². The highest BCUT2D eigenvalue weighted by Gasteiger charge is 2.11. The first-order valence-electron chi connectivity index (χ1n) is 7.14. The van der Waals surface area contributed by atoms with E-state index in [1.807, 2.05) is 0 Å². The van der Waals surface area contributed by atoms with E-state index in [2.05, 4.69) is 10.6 Å². The number of hydrogen-bond acceptors (Lipinski definition) is 3. The fraction of sp³-hybridized carbons (Fsp3) is 0. The number of carbonyl (C=O) groups is 2. The van der Waals surface area contributed by atoms with Crippen LogP contribution in [0.3, 0.4) is 0 Å². The van der Waals surface area contributed by atoms with Crippen LogP contribution in [-0.4, -0.2) is 11.8 Å². The number of furan rings is 1. The van der Waals surface area contributed by atoms with Gasteiger partial charge >= 0.3 is 0 Å². The Morgan fingerprint density at radius 3 is 2.25 bits per heavy atom. The second-order valence-electron chi connectivity index (χ2n) is 4.94. The molecule has 3 rings (SSSR count). The van der Waals surface area contributed by atoms with Crippen molar-refractivity contribution in [2.45, 2.75) is 0 Å². The fourth-order valence-electron chi connectivity index (χ4n) is 2.06. The van der Waals surface area contributed by atoms with Crippen molar-refractivity contribution in [3.63, 3.8) is 0 Å². The minimum absolute atomic E-state index is 0.218. The molecule has 5 nitrogen and oxygen atoms in total. The van der Waals surface area contributed by atoms with E-state index in [4.69, 9.17) is 16.0 Å². The summed E-state index contributed by atoms with van der Waals surface area (Å²) >= 11 is 6.02. The molecule has 1 heterocycles. The summed E-state index contributed by atoms with van der Waals surface area (Å²) in [6.07, 6.45) is 1.43. The Balaban J connectivity index is 1.67. The molecule has 0 fully saturated rings. The maximum absolute atomic E-state index is 12.2. The lowest BCUT2D eigenvalue weighted by Crippen LogP contribution is -2.13. The average molecular weight is 341 g/mol. The number of amides is 2. The van der Waals surface area contributed by atoms with Crippen molar-refractivity contribution in [2.24, 2.45) is 0 Å². The molecule has 0 bridgehead atoms. The van der Waals surface area contributed by atoms with E-state index >= 15 is 0 Å². The Labute approximate surface area is 143 Å². The van der Waals surface area contributed by atoms with Crippen LogP contribution in [0.2, 0.25) is 5.02 Å². The lowest BCUT2D eigenvalue weighted by Gasteiger charge is -2.08. The Kier molecular flexibility index (Phi) is 4.63. The number of hydrogen-bond donors (Lipinski definition) is 2. The third-order valence-corrected chi connectivity index (χ3v) is 3.60. The van der Waals surface area contributed by atoms with Crippen LogP contribution in [0.1, 0.15) is 20.9 Å². The van der Waals surface area contributed by atoms with Crippen LogP contribution in [0.4, 0.5) is 11.4 Å². The quantitative estimate of drug-likeness (QED) is 0.737. The molecule has 0 aliphatic heterocycles. The molecular weight excluding hydrogens is 328 g/mol. The second-order valence-corrected chi connectivity index (χ2v) is 5.35. The lowest BCUT2D eigenvalue weighted by molar-refractivity contribution is 0.0995. The number of rotatable bonds is 4. The highest BCUT2D eigenvalue weighted by Crippen LogP contribution is 2.21. The third kappa shape index (κ3) is 3.64. The second kappa shape index (κ2) is 7.02. The molecule has 3 aromatic rings. The van der Waals surface area contributed by atoms with Gasteiger partial charge in [0.2, 0.25) is 0 Å². The number of nitrogens with one attached hydrogen (secondary N) is 2. The summed E-state index contributed by atoms with van der Waals surface area (Å²) in [5.41, 5.74) is 1.55. The van der Waals surface area contributed by atoms with Gasteiger partial charge in [-0.1, -0.05) is 23.7 Å². The average Bonchev–Trinajstić information content (AvgIpc) is 3.12. The van der Waals surface area contributed by atoms with Gasteiger partial charge in [0, 0.05) is 11.3 Å². The molecule has 6 heteroatoms. The van der Waals surface area contributed by atoms with Crippen molar-refractivity contribution in [2.75, 3.05) is 10.6 Å². The van der Waals surface area contributed by atoms with Crippen molar-refractivity contribution in [1.82, 2.24) is 0 Å². The van der Waals surface area contributed by atoms with Crippen molar-refractivity contribution in [3.8, 4) is 0 Å². The van der Waals surface area contributed by atoms with Crippen LogP contribution in [0, 0.1) is 0 Å². The van der Waals surface area contributed by atoms with Crippen LogP contribution in [0.15, 0.2) is 71.3 Å². The highest BCUT2D eigenvalue weighted by atomic mass is 35.5. The Morgan fingerprint density at radius 1 is 0.833 bits per heavy atom. The van der Waals surface area contributed by atoms with Crippen LogP contribution in [-0.2, 0) is 0 Å². The van der Waals surface area contributed by atoms with Gasteiger partial charge in [-0.3, -0.25) is 9.59 Å². The molecular formula is C18H13ClN2O3. The largest absolute Gasteiger partial charge is 0.459 e. The molecule has 2 amide bonds. The number of carbonyl (C=O) groups excluding carboxylic acids is 2. The monoisotopic (exact) mass is 340 g/mol. The fourth-order valence-corrected chi connectivity index (χ4v) is 2.25. The minimum Gasteiger partial charge on any atom is -0.459 e. The standard InChI is InChI=1S/C18H13ClN2O3/c19-14-4-1-2-5-15(14)21-17(22)12-7-9-13(10-8-12)20-18(23)16-6-3-11-24-16/h1-11H,(H,20,23)(H,21,22). The zero-order valence-electron chi connectivity index (χ0n) is 12.5. The summed E-state index contributed by atoms with van der Waals surface area (Å²) in [6, 6.07) is 16.7. The Morgan fingerprint density at radius 2 is 1.58 bits per heavy atom. The van der Waals surface area contributed by atoms with E-state index in [0.717, 1.165) is 0 Å². The molecule has 0 radical (unpaired) electrons. The molecule has 120 valence electrons. The lowest BCUT2D eigenvalue weighted by atomic mass is 10.2. The van der Waals surface area contributed by atoms with Crippen molar-refractivity contribution in [3.05, 3.63) is 83.3 Å². The number of halogens is 1. The number of para-hydroxylation sites is 1. The minimum atomic E-state index is -0.353. The highest BCUT2D eigenvalue weighted by molar-refractivity contribution is 6.33. The van der Waals surface area contributed by atoms with E-state index < -0.39 is 0 Å². The summed E-state index contributed by atoms with van der Waals surface area (Å²) in [5.74, 6) is -0.421. The summed E-state index contributed by atoms with van der Waals surface area (Å²) in [4.78, 5) is 24.1. The first kappa shape index (κ1) is 15.8. The Bertz CT molecular complexity index is 858. The summed E-state index contributed by atoms with van der Waals surface area (Å²) in [5, 5.41) is 5.89. The van der Waals surface area contributed by atoms with Crippen molar-refractivity contribution in [1.29, 1.82) is 0 Å². The number of anilines is 2. The SMILES string of the molecule is O=C(Nc1ccccc1Cl)c1ccc(NC(=O)c2ccco2)cc1. The van der Waals surface area contributed by atoms with Gasteiger partial charge in [-0.2, -0.15) is 0 Å². The molecule has 2 aromatic carbocycles. The van der Waals surface area contributed by atoms with Crippen LogP contribution >= 0.6 is 11.6 Å². The zero-order chi connectivity index (χ0) is 16.9. The molecule has 24 heavy (non-hydrogen) atoms. The summed E-state index contributed by atoms with van der Waals surface area (Å²) in [6.45, 7) is 0. The van der Waals surface area contributed by atoms with E-state index in [1.54, 1.807) is 60.7 Å². The Hall–Kier alpha value is -3.05. The van der Waals surface area contributed by atoms with E-state index in [1.165, 1.54) is 6.26 Å². The predicted molar refractivity (Wildman–Crippen MR) is 92.5 cm³/mol. The molecule has 0 atom stereocenters. The molecule has 0 saturated carbocycles. The molecule has 1 aromatic heterocycles. The smallest absolute Gasteiger partial charge is 0.291 e. The molecule has 0 aliphatic carbocycles. The van der Waals surface area contributed by atoms with E-state index in [-0.39, 0.29) is 17.6 Å². The van der Waals surface area contributed by atoms with Gasteiger partial charge in [0.1, 0.15) is 0 Å². The molecule has 0 spiro atoms.